The van der Waals surface area contributed by atoms with Crippen molar-refractivity contribution in [2.75, 3.05) is 0 Å². The van der Waals surface area contributed by atoms with Crippen molar-refractivity contribution < 1.29 is 9.53 Å². The monoisotopic (exact) mass is 285 g/mol. The first-order valence-electron chi connectivity index (χ1n) is 8.26. The molecule has 1 aromatic heterocycles. The average molecular weight is 285 g/mol. The highest BCUT2D eigenvalue weighted by molar-refractivity contribution is 5.78. The lowest BCUT2D eigenvalue weighted by molar-refractivity contribution is -0.187. The summed E-state index contributed by atoms with van der Waals surface area (Å²) in [6.45, 7) is 1.93. The fourth-order valence-corrected chi connectivity index (χ4v) is 5.23. The van der Waals surface area contributed by atoms with Gasteiger partial charge in [0, 0.05) is 12.4 Å². The maximum atomic E-state index is 12.6. The van der Waals surface area contributed by atoms with E-state index in [-0.39, 0.29) is 17.5 Å². The molecule has 1 heterocycles. The van der Waals surface area contributed by atoms with Gasteiger partial charge < -0.3 is 4.74 Å². The highest BCUT2D eigenvalue weighted by Gasteiger charge is 2.53. The Morgan fingerprint density at radius 2 is 1.86 bits per heavy atom. The molecule has 0 aliphatic heterocycles. The van der Waals surface area contributed by atoms with Crippen LogP contribution in [0.15, 0.2) is 24.5 Å². The zero-order chi connectivity index (χ0) is 14.4. The fourth-order valence-electron chi connectivity index (χ4n) is 5.23. The van der Waals surface area contributed by atoms with E-state index < -0.39 is 0 Å². The number of hydrogen-bond donors (Lipinski definition) is 0. The van der Waals surface area contributed by atoms with Crippen molar-refractivity contribution in [1.29, 1.82) is 0 Å². The number of carbonyl (C=O) groups is 1. The zero-order valence-corrected chi connectivity index (χ0v) is 12.6. The summed E-state index contributed by atoms with van der Waals surface area (Å²) in [6.07, 6.45) is 10.9. The lowest BCUT2D eigenvalue weighted by atomic mass is 9.54. The molecular weight excluding hydrogens is 262 g/mol. The summed E-state index contributed by atoms with van der Waals surface area (Å²) in [4.78, 5) is 16.7. The molecule has 3 nitrogen and oxygen atoms in total. The van der Waals surface area contributed by atoms with Gasteiger partial charge in [0.05, 0.1) is 5.92 Å². The fraction of sp³-hybridized carbons (Fsp3) is 0.667. The van der Waals surface area contributed by atoms with Crippen LogP contribution in [0.5, 0.6) is 0 Å². The molecule has 21 heavy (non-hydrogen) atoms. The molecule has 4 aliphatic rings. The van der Waals surface area contributed by atoms with Crippen molar-refractivity contribution >= 4 is 5.97 Å². The standard InChI is InChI=1S/C18H23NO2/c1-12(16-3-2-4-19-11-16)17(20)21-18-8-13-5-14(9-18)7-15(6-13)10-18/h2-4,11-15H,5-10H2,1H3/t12-,13?,14?,15?,18?/m0/s1. The van der Waals surface area contributed by atoms with E-state index >= 15 is 0 Å². The third kappa shape index (κ3) is 2.37. The molecule has 4 aliphatic carbocycles. The van der Waals surface area contributed by atoms with Crippen LogP contribution in [-0.2, 0) is 9.53 Å². The van der Waals surface area contributed by atoms with Gasteiger partial charge in [-0.25, -0.2) is 0 Å². The summed E-state index contributed by atoms with van der Waals surface area (Å²) in [6, 6.07) is 3.84. The molecule has 0 radical (unpaired) electrons. The van der Waals surface area contributed by atoms with E-state index in [2.05, 4.69) is 4.98 Å². The Hall–Kier alpha value is -1.38. The minimum absolute atomic E-state index is 0.0649. The lowest BCUT2D eigenvalue weighted by Crippen LogP contribution is -2.53. The summed E-state index contributed by atoms with van der Waals surface area (Å²) in [5, 5.41) is 0. The van der Waals surface area contributed by atoms with E-state index in [0.717, 1.165) is 42.6 Å². The van der Waals surface area contributed by atoms with Crippen LogP contribution in [-0.4, -0.2) is 16.6 Å². The van der Waals surface area contributed by atoms with Gasteiger partial charge in [-0.1, -0.05) is 6.07 Å². The van der Waals surface area contributed by atoms with Gasteiger partial charge in [-0.2, -0.15) is 0 Å². The van der Waals surface area contributed by atoms with Crippen molar-refractivity contribution in [1.82, 2.24) is 4.98 Å². The van der Waals surface area contributed by atoms with Crippen LogP contribution in [0.1, 0.15) is 56.9 Å². The lowest BCUT2D eigenvalue weighted by Gasteiger charge is -2.55. The number of rotatable bonds is 3. The zero-order valence-electron chi connectivity index (χ0n) is 12.6. The van der Waals surface area contributed by atoms with Crippen LogP contribution in [0, 0.1) is 17.8 Å². The molecule has 0 spiro atoms. The first kappa shape index (κ1) is 13.3. The van der Waals surface area contributed by atoms with Crippen LogP contribution < -0.4 is 0 Å². The van der Waals surface area contributed by atoms with Gasteiger partial charge in [0.25, 0.3) is 0 Å². The summed E-state index contributed by atoms with van der Waals surface area (Å²) >= 11 is 0. The molecule has 0 aromatic carbocycles. The summed E-state index contributed by atoms with van der Waals surface area (Å²) < 4.78 is 6.10. The first-order chi connectivity index (χ1) is 10.1. The normalized spacial score (nSPS) is 38.2. The number of hydrogen-bond acceptors (Lipinski definition) is 3. The van der Waals surface area contributed by atoms with Crippen LogP contribution in [0.4, 0.5) is 0 Å². The van der Waals surface area contributed by atoms with Gasteiger partial charge in [0.2, 0.25) is 0 Å². The largest absolute Gasteiger partial charge is 0.459 e. The molecule has 1 atom stereocenters. The SMILES string of the molecule is C[C@H](C(=O)OC12CC3CC(CC(C3)C1)C2)c1cccnc1. The maximum Gasteiger partial charge on any atom is 0.313 e. The minimum atomic E-state index is -0.216. The number of esters is 1. The Morgan fingerprint density at radius 3 is 2.38 bits per heavy atom. The van der Waals surface area contributed by atoms with Crippen molar-refractivity contribution in [3.05, 3.63) is 30.1 Å². The van der Waals surface area contributed by atoms with Crippen molar-refractivity contribution in [3.63, 3.8) is 0 Å². The molecule has 0 N–H and O–H groups in total. The second kappa shape index (κ2) is 4.82. The Kier molecular flexibility index (Phi) is 3.05. The van der Waals surface area contributed by atoms with Crippen LogP contribution in [0.25, 0.3) is 0 Å². The Balaban J connectivity index is 1.49. The number of nitrogens with zero attached hydrogens (tertiary/aromatic N) is 1. The molecule has 3 heteroatoms. The topological polar surface area (TPSA) is 39.2 Å². The molecular formula is C18H23NO2. The second-order valence-electron chi connectivity index (χ2n) is 7.53. The molecule has 112 valence electrons. The second-order valence-corrected chi connectivity index (χ2v) is 7.53. The molecule has 4 saturated carbocycles. The Labute approximate surface area is 126 Å². The highest BCUT2D eigenvalue weighted by Crippen LogP contribution is 2.57. The quantitative estimate of drug-likeness (QED) is 0.795. The molecule has 5 rings (SSSR count). The number of aromatic nitrogens is 1. The van der Waals surface area contributed by atoms with Crippen LogP contribution in [0.2, 0.25) is 0 Å². The van der Waals surface area contributed by atoms with Gasteiger partial charge >= 0.3 is 5.97 Å². The van der Waals surface area contributed by atoms with Crippen molar-refractivity contribution in [3.8, 4) is 0 Å². The molecule has 0 saturated heterocycles. The summed E-state index contributed by atoms with van der Waals surface area (Å²) in [5.41, 5.74) is 0.815. The summed E-state index contributed by atoms with van der Waals surface area (Å²) in [7, 11) is 0. The molecule has 4 bridgehead atoms. The van der Waals surface area contributed by atoms with Crippen molar-refractivity contribution in [2.45, 2.75) is 57.0 Å². The molecule has 4 fully saturated rings. The minimum Gasteiger partial charge on any atom is -0.459 e. The highest BCUT2D eigenvalue weighted by atomic mass is 16.6. The Morgan fingerprint density at radius 1 is 1.24 bits per heavy atom. The number of ether oxygens (including phenoxy) is 1. The van der Waals surface area contributed by atoms with E-state index in [1.54, 1.807) is 12.4 Å². The maximum absolute atomic E-state index is 12.6. The van der Waals surface area contributed by atoms with E-state index in [9.17, 15) is 4.79 Å². The van der Waals surface area contributed by atoms with Gasteiger partial charge in [-0.3, -0.25) is 9.78 Å². The van der Waals surface area contributed by atoms with E-state index in [1.165, 1.54) is 19.3 Å². The van der Waals surface area contributed by atoms with E-state index in [4.69, 9.17) is 4.74 Å². The predicted molar refractivity (Wildman–Crippen MR) is 79.6 cm³/mol. The van der Waals surface area contributed by atoms with Crippen LogP contribution >= 0.6 is 0 Å². The average Bonchev–Trinajstić information content (AvgIpc) is 2.45. The van der Waals surface area contributed by atoms with Gasteiger partial charge in [0.15, 0.2) is 0 Å². The summed E-state index contributed by atoms with van der Waals surface area (Å²) in [5.74, 6) is 2.13. The van der Waals surface area contributed by atoms with Crippen LogP contribution in [0.3, 0.4) is 0 Å². The van der Waals surface area contributed by atoms with Gasteiger partial charge in [0.1, 0.15) is 5.60 Å². The first-order valence-corrected chi connectivity index (χ1v) is 8.26. The number of carbonyl (C=O) groups excluding carboxylic acids is 1. The van der Waals surface area contributed by atoms with E-state index in [1.807, 2.05) is 19.1 Å². The van der Waals surface area contributed by atoms with E-state index in [0.29, 0.717) is 0 Å². The van der Waals surface area contributed by atoms with Gasteiger partial charge in [-0.05, 0) is 74.8 Å². The smallest absolute Gasteiger partial charge is 0.313 e. The Bertz CT molecular complexity index is 504. The third-order valence-electron chi connectivity index (χ3n) is 5.84. The predicted octanol–water partition coefficient (Wildman–Crippen LogP) is 3.70. The molecule has 1 aromatic rings. The molecule has 0 amide bonds. The third-order valence-corrected chi connectivity index (χ3v) is 5.84. The van der Waals surface area contributed by atoms with Crippen molar-refractivity contribution in [2.24, 2.45) is 17.8 Å². The number of pyridine rings is 1. The van der Waals surface area contributed by atoms with Gasteiger partial charge in [-0.15, -0.1) is 0 Å². The molecule has 0 unspecified atom stereocenters.